The van der Waals surface area contributed by atoms with Crippen LogP contribution in [-0.4, -0.2) is 29.5 Å². The van der Waals surface area contributed by atoms with Crippen molar-refractivity contribution in [2.24, 2.45) is 4.99 Å². The number of benzene rings is 2. The van der Waals surface area contributed by atoms with E-state index >= 15 is 0 Å². The molecule has 1 aliphatic heterocycles. The van der Waals surface area contributed by atoms with E-state index in [1.54, 1.807) is 11.0 Å². The molecule has 2 fully saturated rings. The van der Waals surface area contributed by atoms with Gasteiger partial charge in [-0.3, -0.25) is 4.90 Å². The highest BCUT2D eigenvalue weighted by atomic mass is 35.5. The van der Waals surface area contributed by atoms with Crippen LogP contribution in [0.4, 0.5) is 15.8 Å². The first-order chi connectivity index (χ1) is 12.6. The molecule has 2 saturated carbocycles. The Morgan fingerprint density at radius 3 is 2.62 bits per heavy atom. The van der Waals surface area contributed by atoms with Gasteiger partial charge in [0.1, 0.15) is 12.0 Å². The van der Waals surface area contributed by atoms with E-state index in [4.69, 9.17) is 11.6 Å². The lowest BCUT2D eigenvalue weighted by Gasteiger charge is -2.35. The normalized spacial score (nSPS) is 27.0. The molecule has 26 heavy (non-hydrogen) atoms. The molecule has 1 heterocycles. The first-order valence-corrected chi connectivity index (χ1v) is 9.34. The number of nitrogens with one attached hydrogen (secondary N) is 1. The van der Waals surface area contributed by atoms with Gasteiger partial charge in [0.15, 0.2) is 0 Å². The molecular weight excluding hydrogens is 353 g/mol. The molecule has 0 amide bonds. The van der Waals surface area contributed by atoms with Gasteiger partial charge in [0.05, 0.1) is 22.4 Å². The maximum Gasteiger partial charge on any atom is 0.231 e. The molecule has 0 aromatic heterocycles. The SMILES string of the molecule is OC1N=C(N[C@@H]2C[C@H]2F)c2ccc(C3CC3)cc2N1c1ccccc1Cl. The molecule has 2 aliphatic carbocycles. The summed E-state index contributed by atoms with van der Waals surface area (Å²) in [5, 5.41) is 14.4. The monoisotopic (exact) mass is 371 g/mol. The predicted molar refractivity (Wildman–Crippen MR) is 101 cm³/mol. The van der Waals surface area contributed by atoms with Gasteiger partial charge in [0.2, 0.25) is 6.35 Å². The Morgan fingerprint density at radius 2 is 1.92 bits per heavy atom. The fourth-order valence-corrected chi connectivity index (χ4v) is 3.72. The molecular formula is C20H19ClFN3O. The Kier molecular flexibility index (Phi) is 3.69. The highest BCUT2D eigenvalue weighted by Gasteiger charge is 2.40. The van der Waals surface area contributed by atoms with Crippen LogP contribution in [0.5, 0.6) is 0 Å². The van der Waals surface area contributed by atoms with Crippen LogP contribution in [0, 0.1) is 0 Å². The van der Waals surface area contributed by atoms with Crippen LogP contribution in [0.15, 0.2) is 47.5 Å². The summed E-state index contributed by atoms with van der Waals surface area (Å²) in [7, 11) is 0. The van der Waals surface area contributed by atoms with Gasteiger partial charge >= 0.3 is 0 Å². The minimum atomic E-state index is -1.11. The van der Waals surface area contributed by atoms with Crippen molar-refractivity contribution in [3.05, 3.63) is 58.6 Å². The first-order valence-electron chi connectivity index (χ1n) is 8.96. The van der Waals surface area contributed by atoms with E-state index in [0.29, 0.717) is 28.9 Å². The van der Waals surface area contributed by atoms with Crippen LogP contribution in [0.1, 0.15) is 36.3 Å². The predicted octanol–water partition coefficient (Wildman–Crippen LogP) is 4.09. The lowest BCUT2D eigenvalue weighted by molar-refractivity contribution is 0.189. The van der Waals surface area contributed by atoms with Crippen LogP contribution in [0.25, 0.3) is 0 Å². The number of hydrogen-bond donors (Lipinski definition) is 2. The van der Waals surface area contributed by atoms with E-state index < -0.39 is 12.5 Å². The number of aliphatic hydroxyl groups is 1. The number of nitrogens with zero attached hydrogens (tertiary/aromatic N) is 2. The van der Waals surface area contributed by atoms with Gasteiger partial charge in [-0.1, -0.05) is 29.8 Å². The van der Waals surface area contributed by atoms with Crippen LogP contribution in [-0.2, 0) is 0 Å². The lowest BCUT2D eigenvalue weighted by atomic mass is 10.0. The second-order valence-electron chi connectivity index (χ2n) is 7.20. The second kappa shape index (κ2) is 5.96. The summed E-state index contributed by atoms with van der Waals surface area (Å²) in [6.07, 6.45) is 0.914. The van der Waals surface area contributed by atoms with Gasteiger partial charge in [-0.2, -0.15) is 0 Å². The Hall–Kier alpha value is -2.11. The minimum Gasteiger partial charge on any atom is -0.364 e. The van der Waals surface area contributed by atoms with Crippen molar-refractivity contribution in [3.63, 3.8) is 0 Å². The molecule has 0 bridgehead atoms. The van der Waals surface area contributed by atoms with E-state index in [-0.39, 0.29) is 6.04 Å². The molecule has 2 N–H and O–H groups in total. The molecule has 2 aromatic rings. The molecule has 3 atom stereocenters. The molecule has 3 aliphatic rings. The van der Waals surface area contributed by atoms with Crippen LogP contribution in [0.2, 0.25) is 5.02 Å². The number of amidine groups is 1. The van der Waals surface area contributed by atoms with Gasteiger partial charge in [-0.05, 0) is 48.6 Å². The molecule has 0 spiro atoms. The Morgan fingerprint density at radius 1 is 1.15 bits per heavy atom. The summed E-state index contributed by atoms with van der Waals surface area (Å²) in [4.78, 5) is 6.13. The summed E-state index contributed by atoms with van der Waals surface area (Å²) in [6, 6.07) is 13.4. The average molecular weight is 372 g/mol. The smallest absolute Gasteiger partial charge is 0.231 e. The van der Waals surface area contributed by atoms with Gasteiger partial charge < -0.3 is 10.4 Å². The van der Waals surface area contributed by atoms with Crippen molar-refractivity contribution in [2.75, 3.05) is 4.90 Å². The number of alkyl halides is 1. The number of rotatable bonds is 3. The van der Waals surface area contributed by atoms with Gasteiger partial charge in [-0.25, -0.2) is 9.38 Å². The largest absolute Gasteiger partial charge is 0.364 e. The van der Waals surface area contributed by atoms with Crippen molar-refractivity contribution in [3.8, 4) is 0 Å². The van der Waals surface area contributed by atoms with E-state index in [1.807, 2.05) is 24.3 Å². The Labute approximate surface area is 156 Å². The zero-order chi connectivity index (χ0) is 17.8. The Balaban J connectivity index is 1.61. The van der Waals surface area contributed by atoms with Gasteiger partial charge in [0.25, 0.3) is 0 Å². The highest BCUT2D eigenvalue weighted by molar-refractivity contribution is 6.33. The number of aliphatic hydroxyl groups excluding tert-OH is 1. The van der Waals surface area contributed by atoms with E-state index in [2.05, 4.69) is 22.4 Å². The number of aliphatic imine (C=N–C) groups is 1. The van der Waals surface area contributed by atoms with E-state index in [1.165, 1.54) is 18.4 Å². The number of halogens is 2. The fraction of sp³-hybridized carbons (Fsp3) is 0.350. The number of fused-ring (bicyclic) bond motifs is 1. The molecule has 4 nitrogen and oxygen atoms in total. The van der Waals surface area contributed by atoms with Crippen molar-refractivity contribution >= 4 is 28.8 Å². The molecule has 1 unspecified atom stereocenters. The molecule has 6 heteroatoms. The Bertz CT molecular complexity index is 898. The van der Waals surface area contributed by atoms with Crippen LogP contribution >= 0.6 is 11.6 Å². The summed E-state index contributed by atoms with van der Waals surface area (Å²) < 4.78 is 13.4. The van der Waals surface area contributed by atoms with Crippen molar-refractivity contribution in [2.45, 2.75) is 43.7 Å². The quantitative estimate of drug-likeness (QED) is 0.854. The van der Waals surface area contributed by atoms with Crippen molar-refractivity contribution < 1.29 is 9.50 Å². The zero-order valence-corrected chi connectivity index (χ0v) is 14.8. The summed E-state index contributed by atoms with van der Waals surface area (Å²) >= 11 is 6.39. The molecule has 2 aromatic carbocycles. The number of hydrogen-bond acceptors (Lipinski definition) is 4. The van der Waals surface area contributed by atoms with E-state index in [0.717, 1.165) is 11.3 Å². The third-order valence-corrected chi connectivity index (χ3v) is 5.53. The fourth-order valence-electron chi connectivity index (χ4n) is 3.49. The number of para-hydroxylation sites is 1. The maximum atomic E-state index is 13.4. The second-order valence-corrected chi connectivity index (χ2v) is 7.61. The van der Waals surface area contributed by atoms with Gasteiger partial charge in [0, 0.05) is 12.0 Å². The molecule has 0 saturated heterocycles. The van der Waals surface area contributed by atoms with Crippen LogP contribution < -0.4 is 10.2 Å². The third kappa shape index (κ3) is 2.75. The molecule has 0 radical (unpaired) electrons. The van der Waals surface area contributed by atoms with Gasteiger partial charge in [-0.15, -0.1) is 0 Å². The van der Waals surface area contributed by atoms with Crippen molar-refractivity contribution in [1.82, 2.24) is 5.32 Å². The molecule has 5 rings (SSSR count). The minimum absolute atomic E-state index is 0.219. The first kappa shape index (κ1) is 16.1. The average Bonchev–Trinajstić information content (AvgIpc) is 3.54. The zero-order valence-electron chi connectivity index (χ0n) is 14.1. The van der Waals surface area contributed by atoms with Crippen molar-refractivity contribution in [1.29, 1.82) is 0 Å². The lowest BCUT2D eigenvalue weighted by Crippen LogP contribution is -2.40. The summed E-state index contributed by atoms with van der Waals surface area (Å²) in [5.74, 6) is 1.13. The topological polar surface area (TPSA) is 47.9 Å². The summed E-state index contributed by atoms with van der Waals surface area (Å²) in [6.45, 7) is 0. The number of anilines is 2. The van der Waals surface area contributed by atoms with E-state index in [9.17, 15) is 9.50 Å². The standard InChI is InChI=1S/C20H19ClFN3O/c21-14-3-1-2-4-17(14)25-18-9-12(11-5-6-11)7-8-13(18)19(24-20(25)26)23-16-10-15(16)22/h1-4,7-9,11,15-16,20,26H,5-6,10H2,(H,23,24)/t15-,16-,20?/m1/s1. The van der Waals surface area contributed by atoms with Crippen LogP contribution in [0.3, 0.4) is 0 Å². The summed E-state index contributed by atoms with van der Waals surface area (Å²) in [5.41, 5.74) is 3.67. The molecule has 134 valence electrons. The highest BCUT2D eigenvalue weighted by Crippen LogP contribution is 2.44. The third-order valence-electron chi connectivity index (χ3n) is 5.21. The maximum absolute atomic E-state index is 13.4.